The third-order valence-electron chi connectivity index (χ3n) is 5.09. The molecule has 0 radical (unpaired) electrons. The third-order valence-corrected chi connectivity index (χ3v) is 6.19. The van der Waals surface area contributed by atoms with Gasteiger partial charge in [0.1, 0.15) is 6.61 Å². The molecule has 2 aliphatic heterocycles. The molecule has 152 valence electrons. The molecular formula is C22H24N2O4S. The number of fused-ring (bicyclic) bond motifs is 1. The minimum absolute atomic E-state index is 0.0849. The minimum Gasteiger partial charge on any atom is -0.485 e. The first-order valence-corrected chi connectivity index (χ1v) is 10.7. The van der Waals surface area contributed by atoms with Gasteiger partial charge in [-0.25, -0.2) is 0 Å². The molecule has 2 atom stereocenters. The Hall–Kier alpha value is -2.67. The average Bonchev–Trinajstić information content (AvgIpc) is 2.78. The summed E-state index contributed by atoms with van der Waals surface area (Å²) in [5.74, 6) is 1.28. The van der Waals surface area contributed by atoms with Gasteiger partial charge >= 0.3 is 0 Å². The number of ether oxygens (including phenoxy) is 2. The first kappa shape index (κ1) is 19.6. The van der Waals surface area contributed by atoms with E-state index < -0.39 is 6.10 Å². The van der Waals surface area contributed by atoms with Gasteiger partial charge in [-0.15, -0.1) is 11.8 Å². The Bertz CT molecular complexity index is 868. The molecule has 0 unspecified atom stereocenters. The van der Waals surface area contributed by atoms with Gasteiger partial charge in [0.2, 0.25) is 12.0 Å². The summed E-state index contributed by atoms with van der Waals surface area (Å²) in [7, 11) is 0. The maximum Gasteiger partial charge on any atom is 0.267 e. The van der Waals surface area contributed by atoms with Gasteiger partial charge in [0.25, 0.3) is 5.91 Å². The monoisotopic (exact) mass is 412 g/mol. The van der Waals surface area contributed by atoms with Gasteiger partial charge in [0.05, 0.1) is 5.25 Å². The zero-order chi connectivity index (χ0) is 20.2. The van der Waals surface area contributed by atoms with Gasteiger partial charge in [-0.2, -0.15) is 0 Å². The number of hydrogen-bond acceptors (Lipinski definition) is 5. The zero-order valence-corrected chi connectivity index (χ0v) is 17.1. The maximum atomic E-state index is 12.8. The van der Waals surface area contributed by atoms with Crippen molar-refractivity contribution in [3.05, 3.63) is 54.6 Å². The first-order valence-electron chi connectivity index (χ1n) is 9.79. The zero-order valence-electron chi connectivity index (χ0n) is 16.3. The number of thioether (sulfide) groups is 1. The second-order valence-corrected chi connectivity index (χ2v) is 8.50. The molecule has 0 aromatic heterocycles. The predicted molar refractivity (Wildman–Crippen MR) is 111 cm³/mol. The molecule has 2 aromatic carbocycles. The van der Waals surface area contributed by atoms with Crippen LogP contribution in [0, 0.1) is 0 Å². The van der Waals surface area contributed by atoms with E-state index in [1.54, 1.807) is 22.7 Å². The molecule has 0 N–H and O–H groups in total. The molecule has 0 saturated carbocycles. The van der Waals surface area contributed by atoms with Crippen molar-refractivity contribution in [1.29, 1.82) is 0 Å². The molecule has 0 spiro atoms. The number of benzene rings is 2. The Morgan fingerprint density at radius 1 is 0.931 bits per heavy atom. The maximum absolute atomic E-state index is 12.8. The summed E-state index contributed by atoms with van der Waals surface area (Å²) in [6.07, 6.45) is -0.639. The Labute approximate surface area is 174 Å². The number of piperazine rings is 1. The number of rotatable bonds is 4. The van der Waals surface area contributed by atoms with Crippen molar-refractivity contribution in [1.82, 2.24) is 9.80 Å². The molecule has 0 aliphatic carbocycles. The SMILES string of the molecule is C[C@H](Sc1ccccc1)C(=O)N1CCN(C(=O)[C@@H]2COc3ccccc3O2)CC1. The van der Waals surface area contributed by atoms with Gasteiger partial charge in [-0.1, -0.05) is 30.3 Å². The molecule has 1 saturated heterocycles. The highest BCUT2D eigenvalue weighted by molar-refractivity contribution is 8.00. The van der Waals surface area contributed by atoms with Crippen molar-refractivity contribution >= 4 is 23.6 Å². The van der Waals surface area contributed by atoms with Crippen LogP contribution in [0.1, 0.15) is 6.92 Å². The molecule has 7 heteroatoms. The van der Waals surface area contributed by atoms with Crippen molar-refractivity contribution in [2.75, 3.05) is 32.8 Å². The van der Waals surface area contributed by atoms with Crippen LogP contribution in [0.3, 0.4) is 0 Å². The number of carbonyl (C=O) groups excluding carboxylic acids is 2. The van der Waals surface area contributed by atoms with Crippen LogP contribution in [0.2, 0.25) is 0 Å². The molecule has 4 rings (SSSR count). The lowest BCUT2D eigenvalue weighted by Crippen LogP contribution is -2.56. The fraction of sp³-hybridized carbons (Fsp3) is 0.364. The second kappa shape index (κ2) is 8.78. The molecule has 6 nitrogen and oxygen atoms in total. The van der Waals surface area contributed by atoms with E-state index in [0.717, 1.165) is 4.90 Å². The van der Waals surface area contributed by atoms with Crippen LogP contribution in [0.15, 0.2) is 59.5 Å². The summed E-state index contributed by atoms with van der Waals surface area (Å²) in [5, 5.41) is -0.161. The Morgan fingerprint density at radius 2 is 1.55 bits per heavy atom. The highest BCUT2D eigenvalue weighted by Crippen LogP contribution is 2.31. The lowest BCUT2D eigenvalue weighted by molar-refractivity contribution is -0.146. The fourth-order valence-electron chi connectivity index (χ4n) is 3.50. The van der Waals surface area contributed by atoms with Gasteiger partial charge < -0.3 is 19.3 Å². The Morgan fingerprint density at radius 3 is 2.28 bits per heavy atom. The molecular weight excluding hydrogens is 388 g/mol. The van der Waals surface area contributed by atoms with Crippen LogP contribution >= 0.6 is 11.8 Å². The summed E-state index contributed by atoms with van der Waals surface area (Å²) in [6, 6.07) is 17.3. The quantitative estimate of drug-likeness (QED) is 0.723. The van der Waals surface area contributed by atoms with E-state index in [2.05, 4.69) is 0 Å². The Kier molecular flexibility index (Phi) is 5.94. The number of amides is 2. The first-order chi connectivity index (χ1) is 14.1. The summed E-state index contributed by atoms with van der Waals surface area (Å²) < 4.78 is 11.5. The van der Waals surface area contributed by atoms with Gasteiger partial charge in [-0.05, 0) is 31.2 Å². The van der Waals surface area contributed by atoms with Crippen LogP contribution in [-0.2, 0) is 9.59 Å². The van der Waals surface area contributed by atoms with Crippen LogP contribution < -0.4 is 9.47 Å². The number of hydrogen-bond donors (Lipinski definition) is 0. The van der Waals surface area contributed by atoms with Crippen LogP contribution in [0.5, 0.6) is 11.5 Å². The highest BCUT2D eigenvalue weighted by Gasteiger charge is 2.34. The number of carbonyl (C=O) groups is 2. The van der Waals surface area contributed by atoms with Crippen molar-refractivity contribution in [3.8, 4) is 11.5 Å². The van der Waals surface area contributed by atoms with E-state index in [9.17, 15) is 9.59 Å². The van der Waals surface area contributed by atoms with Crippen molar-refractivity contribution < 1.29 is 19.1 Å². The molecule has 29 heavy (non-hydrogen) atoms. The van der Waals surface area contributed by atoms with Crippen LogP contribution in [-0.4, -0.2) is 65.8 Å². The van der Waals surface area contributed by atoms with Gasteiger partial charge in [0.15, 0.2) is 11.5 Å². The topological polar surface area (TPSA) is 59.1 Å². The predicted octanol–water partition coefficient (Wildman–Crippen LogP) is 2.68. The smallest absolute Gasteiger partial charge is 0.267 e. The van der Waals surface area contributed by atoms with Crippen molar-refractivity contribution in [3.63, 3.8) is 0 Å². The lowest BCUT2D eigenvalue weighted by Gasteiger charge is -2.37. The summed E-state index contributed by atoms with van der Waals surface area (Å²) >= 11 is 1.56. The standard InChI is InChI=1S/C22H24N2O4S/c1-16(29-17-7-3-2-4-8-17)21(25)23-11-13-24(14-12-23)22(26)20-15-27-18-9-5-6-10-19(18)28-20/h2-10,16,20H,11-15H2,1H3/t16-,20-/m0/s1. The largest absolute Gasteiger partial charge is 0.485 e. The van der Waals surface area contributed by atoms with Gasteiger partial charge in [-0.3, -0.25) is 9.59 Å². The van der Waals surface area contributed by atoms with Crippen molar-refractivity contribution in [2.45, 2.75) is 23.2 Å². The van der Waals surface area contributed by atoms with E-state index >= 15 is 0 Å². The Balaban J connectivity index is 1.29. The molecule has 2 aromatic rings. The minimum atomic E-state index is -0.639. The van der Waals surface area contributed by atoms with Gasteiger partial charge in [0, 0.05) is 31.1 Å². The fourth-order valence-corrected chi connectivity index (χ4v) is 4.48. The van der Waals surface area contributed by atoms with Crippen LogP contribution in [0.25, 0.3) is 0 Å². The van der Waals surface area contributed by atoms with Crippen molar-refractivity contribution in [2.24, 2.45) is 0 Å². The third kappa shape index (κ3) is 4.50. The molecule has 0 bridgehead atoms. The summed E-state index contributed by atoms with van der Waals surface area (Å²) in [4.78, 5) is 30.3. The normalized spacial score (nSPS) is 19.6. The van der Waals surface area contributed by atoms with E-state index in [1.165, 1.54) is 0 Å². The average molecular weight is 413 g/mol. The van der Waals surface area contributed by atoms with E-state index in [0.29, 0.717) is 37.7 Å². The molecule has 1 fully saturated rings. The number of para-hydroxylation sites is 2. The van der Waals surface area contributed by atoms with E-state index in [-0.39, 0.29) is 23.7 Å². The van der Waals surface area contributed by atoms with Crippen LogP contribution in [0.4, 0.5) is 0 Å². The second-order valence-electron chi connectivity index (χ2n) is 7.09. The van der Waals surface area contributed by atoms with E-state index in [1.807, 2.05) is 60.4 Å². The molecule has 2 heterocycles. The molecule has 2 aliphatic rings. The summed E-state index contributed by atoms with van der Waals surface area (Å²) in [6.45, 7) is 4.23. The summed E-state index contributed by atoms with van der Waals surface area (Å²) in [5.41, 5.74) is 0. The molecule has 2 amide bonds. The number of nitrogens with zero attached hydrogens (tertiary/aromatic N) is 2. The highest BCUT2D eigenvalue weighted by atomic mass is 32.2. The lowest BCUT2D eigenvalue weighted by atomic mass is 10.2. The van der Waals surface area contributed by atoms with E-state index in [4.69, 9.17) is 9.47 Å².